The molecule has 11 heteroatoms. The number of rotatable bonds is 12. The number of methoxy groups -OCH3 is 2. The lowest BCUT2D eigenvalue weighted by atomic mass is 10.1. The molecule has 0 unspecified atom stereocenters. The third kappa shape index (κ3) is 7.84. The van der Waals surface area contributed by atoms with Gasteiger partial charge in [-0.25, -0.2) is 12.8 Å². The molecule has 0 aliphatic rings. The molecular formula is C25H34FN3O6S. The van der Waals surface area contributed by atoms with Crippen LogP contribution in [0.5, 0.6) is 11.5 Å². The lowest BCUT2D eigenvalue weighted by Crippen LogP contribution is -2.51. The van der Waals surface area contributed by atoms with Gasteiger partial charge >= 0.3 is 0 Å². The number of amides is 2. The highest BCUT2D eigenvalue weighted by Crippen LogP contribution is 2.32. The maximum Gasteiger partial charge on any atom is 0.244 e. The first-order valence-corrected chi connectivity index (χ1v) is 13.2. The number of hydrogen-bond acceptors (Lipinski definition) is 6. The molecule has 9 nitrogen and oxygen atoms in total. The standard InChI is InChI=1S/C25H34FN3O6S/c1-17(2)14-27-25(31)18(3)28(15-19-7-9-20(26)10-8-19)24(30)16-29(36(6,32)33)21-11-12-22(34-4)23(13-21)35-5/h7-13,17-18H,14-16H2,1-6H3,(H,27,31)/t18-/m1/s1. The van der Waals surface area contributed by atoms with Gasteiger partial charge in [-0.3, -0.25) is 13.9 Å². The SMILES string of the molecule is COc1ccc(N(CC(=O)N(Cc2ccc(F)cc2)[C@H](C)C(=O)NCC(C)C)S(C)(=O)=O)cc1OC. The predicted octanol–water partition coefficient (Wildman–Crippen LogP) is 2.80. The van der Waals surface area contributed by atoms with Gasteiger partial charge in [0.25, 0.3) is 0 Å². The van der Waals surface area contributed by atoms with Crippen LogP contribution in [0.1, 0.15) is 26.3 Å². The fourth-order valence-corrected chi connectivity index (χ4v) is 4.26. The summed E-state index contributed by atoms with van der Waals surface area (Å²) in [6.45, 7) is 5.30. The van der Waals surface area contributed by atoms with Crippen molar-refractivity contribution in [2.24, 2.45) is 5.92 Å². The lowest BCUT2D eigenvalue weighted by molar-refractivity contribution is -0.139. The monoisotopic (exact) mass is 523 g/mol. The van der Waals surface area contributed by atoms with Crippen molar-refractivity contribution in [1.82, 2.24) is 10.2 Å². The summed E-state index contributed by atoms with van der Waals surface area (Å²) in [5.41, 5.74) is 0.785. The molecule has 0 heterocycles. The summed E-state index contributed by atoms with van der Waals surface area (Å²) in [7, 11) is -1.03. The fourth-order valence-electron chi connectivity index (χ4n) is 3.42. The molecule has 1 N–H and O–H groups in total. The molecule has 2 aromatic carbocycles. The molecule has 0 aliphatic carbocycles. The Bertz CT molecular complexity index is 1150. The molecule has 0 aliphatic heterocycles. The maximum absolute atomic E-state index is 13.5. The summed E-state index contributed by atoms with van der Waals surface area (Å²) < 4.78 is 50.2. The molecule has 0 spiro atoms. The second-order valence-electron chi connectivity index (χ2n) is 8.77. The lowest BCUT2D eigenvalue weighted by Gasteiger charge is -2.31. The fraction of sp³-hybridized carbons (Fsp3) is 0.440. The molecule has 0 fully saturated rings. The van der Waals surface area contributed by atoms with E-state index < -0.39 is 34.3 Å². The largest absolute Gasteiger partial charge is 0.493 e. The van der Waals surface area contributed by atoms with Gasteiger partial charge in [0.05, 0.1) is 26.2 Å². The van der Waals surface area contributed by atoms with E-state index in [-0.39, 0.29) is 24.1 Å². The molecular weight excluding hydrogens is 489 g/mol. The van der Waals surface area contributed by atoms with Crippen molar-refractivity contribution in [2.75, 3.05) is 37.9 Å². The number of sulfonamides is 1. The third-order valence-electron chi connectivity index (χ3n) is 5.45. The van der Waals surface area contributed by atoms with E-state index in [4.69, 9.17) is 9.47 Å². The molecule has 0 saturated heterocycles. The van der Waals surface area contributed by atoms with Crippen molar-refractivity contribution in [3.63, 3.8) is 0 Å². The van der Waals surface area contributed by atoms with Crippen LogP contribution < -0.4 is 19.1 Å². The van der Waals surface area contributed by atoms with Gasteiger partial charge in [0.1, 0.15) is 18.4 Å². The Labute approximate surface area is 212 Å². The van der Waals surface area contributed by atoms with Gasteiger partial charge in [-0.05, 0) is 42.7 Å². The Morgan fingerprint density at radius 1 is 1.00 bits per heavy atom. The van der Waals surface area contributed by atoms with Crippen molar-refractivity contribution < 1.29 is 31.9 Å². The number of nitrogens with zero attached hydrogens (tertiary/aromatic N) is 2. The Hall–Kier alpha value is -3.34. The number of nitrogens with one attached hydrogen (secondary N) is 1. The third-order valence-corrected chi connectivity index (χ3v) is 6.59. The summed E-state index contributed by atoms with van der Waals surface area (Å²) in [6, 6.07) is 9.12. The van der Waals surface area contributed by atoms with Crippen LogP contribution in [0.25, 0.3) is 0 Å². The zero-order valence-corrected chi connectivity index (χ0v) is 22.3. The first-order valence-electron chi connectivity index (χ1n) is 11.4. The zero-order valence-electron chi connectivity index (χ0n) is 21.4. The topological polar surface area (TPSA) is 105 Å². The Kier molecular flexibility index (Phi) is 10.1. The number of anilines is 1. The molecule has 0 bridgehead atoms. The highest BCUT2D eigenvalue weighted by atomic mass is 32.2. The van der Waals surface area contributed by atoms with Gasteiger partial charge < -0.3 is 19.7 Å². The number of carbonyl (C=O) groups excluding carboxylic acids is 2. The van der Waals surface area contributed by atoms with Crippen molar-refractivity contribution in [3.05, 3.63) is 53.8 Å². The zero-order chi connectivity index (χ0) is 27.0. The van der Waals surface area contributed by atoms with Gasteiger partial charge in [-0.1, -0.05) is 26.0 Å². The minimum Gasteiger partial charge on any atom is -0.493 e. The van der Waals surface area contributed by atoms with Crippen LogP contribution in [-0.2, 0) is 26.2 Å². The molecule has 2 aromatic rings. The Balaban J connectivity index is 2.41. The molecule has 198 valence electrons. The normalized spacial score (nSPS) is 12.1. The Morgan fingerprint density at radius 3 is 2.14 bits per heavy atom. The van der Waals surface area contributed by atoms with E-state index in [1.807, 2.05) is 13.8 Å². The van der Waals surface area contributed by atoms with Crippen LogP contribution in [0.3, 0.4) is 0 Å². The second-order valence-corrected chi connectivity index (χ2v) is 10.7. The second kappa shape index (κ2) is 12.6. The van der Waals surface area contributed by atoms with E-state index in [2.05, 4.69) is 5.32 Å². The minimum absolute atomic E-state index is 0.0150. The molecule has 0 radical (unpaired) electrons. The summed E-state index contributed by atoms with van der Waals surface area (Å²) in [4.78, 5) is 27.6. The van der Waals surface area contributed by atoms with Gasteiger partial charge in [0.15, 0.2) is 11.5 Å². The molecule has 2 amide bonds. The number of carbonyl (C=O) groups is 2. The van der Waals surface area contributed by atoms with Crippen molar-refractivity contribution in [3.8, 4) is 11.5 Å². The van der Waals surface area contributed by atoms with Gasteiger partial charge in [0.2, 0.25) is 21.8 Å². The average molecular weight is 524 g/mol. The summed E-state index contributed by atoms with van der Waals surface area (Å²) >= 11 is 0. The molecule has 36 heavy (non-hydrogen) atoms. The van der Waals surface area contributed by atoms with Crippen LogP contribution in [0.4, 0.5) is 10.1 Å². The summed E-state index contributed by atoms with van der Waals surface area (Å²) in [5, 5.41) is 2.80. The first-order chi connectivity index (χ1) is 16.9. The van der Waals surface area contributed by atoms with E-state index in [9.17, 15) is 22.4 Å². The number of benzene rings is 2. The van der Waals surface area contributed by atoms with Gasteiger partial charge in [-0.15, -0.1) is 0 Å². The van der Waals surface area contributed by atoms with E-state index in [1.54, 1.807) is 6.92 Å². The van der Waals surface area contributed by atoms with Gasteiger partial charge in [-0.2, -0.15) is 0 Å². The minimum atomic E-state index is -3.90. The summed E-state index contributed by atoms with van der Waals surface area (Å²) in [6.07, 6.45) is 0.986. The maximum atomic E-state index is 13.5. The highest BCUT2D eigenvalue weighted by Gasteiger charge is 2.30. The Morgan fingerprint density at radius 2 is 1.61 bits per heavy atom. The van der Waals surface area contributed by atoms with Gasteiger partial charge in [0, 0.05) is 19.2 Å². The molecule has 0 aromatic heterocycles. The quantitative estimate of drug-likeness (QED) is 0.459. The first kappa shape index (κ1) is 28.9. The molecule has 2 rings (SSSR count). The van der Waals surface area contributed by atoms with Crippen molar-refractivity contribution >= 4 is 27.5 Å². The number of hydrogen-bond donors (Lipinski definition) is 1. The number of halogens is 1. The van der Waals surface area contributed by atoms with Crippen LogP contribution in [0.2, 0.25) is 0 Å². The summed E-state index contributed by atoms with van der Waals surface area (Å²) in [5.74, 6) is -0.526. The van der Waals surface area contributed by atoms with E-state index >= 15 is 0 Å². The smallest absolute Gasteiger partial charge is 0.244 e. The van der Waals surface area contributed by atoms with E-state index in [1.165, 1.54) is 61.6 Å². The van der Waals surface area contributed by atoms with Crippen molar-refractivity contribution in [2.45, 2.75) is 33.4 Å². The predicted molar refractivity (Wildman–Crippen MR) is 136 cm³/mol. The average Bonchev–Trinajstić information content (AvgIpc) is 2.83. The van der Waals surface area contributed by atoms with Crippen LogP contribution >= 0.6 is 0 Å². The van der Waals surface area contributed by atoms with Crippen LogP contribution in [-0.4, -0.2) is 64.7 Å². The van der Waals surface area contributed by atoms with E-state index in [0.717, 1.165) is 10.6 Å². The van der Waals surface area contributed by atoms with Crippen molar-refractivity contribution in [1.29, 1.82) is 0 Å². The molecule has 1 atom stereocenters. The highest BCUT2D eigenvalue weighted by molar-refractivity contribution is 7.92. The molecule has 0 saturated carbocycles. The number of ether oxygens (including phenoxy) is 2. The van der Waals surface area contributed by atoms with Crippen LogP contribution in [0.15, 0.2) is 42.5 Å². The van der Waals surface area contributed by atoms with E-state index in [0.29, 0.717) is 23.6 Å². The van der Waals surface area contributed by atoms with Crippen LogP contribution in [0, 0.1) is 11.7 Å².